The number of aromatic nitrogens is 3. The lowest BCUT2D eigenvalue weighted by Crippen LogP contribution is -2.25. The van der Waals surface area contributed by atoms with E-state index in [0.717, 1.165) is 16.7 Å². The summed E-state index contributed by atoms with van der Waals surface area (Å²) in [6.45, 7) is 3.94. The van der Waals surface area contributed by atoms with Crippen LogP contribution in [0.1, 0.15) is 22.4 Å². The quantitative estimate of drug-likeness (QED) is 0.559. The van der Waals surface area contributed by atoms with Crippen LogP contribution < -0.4 is 11.0 Å². The van der Waals surface area contributed by atoms with Crippen LogP contribution in [0.2, 0.25) is 0 Å². The smallest absolute Gasteiger partial charge is 0.270 e. The van der Waals surface area contributed by atoms with Crippen molar-refractivity contribution in [1.82, 2.24) is 20.4 Å². The Bertz CT molecular complexity index is 1010. The summed E-state index contributed by atoms with van der Waals surface area (Å²) in [4.78, 5) is 35.1. The van der Waals surface area contributed by atoms with Gasteiger partial charge in [-0.05, 0) is 54.8 Å². The van der Waals surface area contributed by atoms with Crippen molar-refractivity contribution in [3.05, 3.63) is 69.4 Å². The third-order valence-corrected chi connectivity index (χ3v) is 3.81. The number of nitrogens with one attached hydrogen (secondary N) is 2. The second-order valence-corrected chi connectivity index (χ2v) is 5.72. The summed E-state index contributed by atoms with van der Waals surface area (Å²) in [7, 11) is 0. The van der Waals surface area contributed by atoms with E-state index >= 15 is 0 Å². The van der Waals surface area contributed by atoms with Crippen molar-refractivity contribution >= 4 is 23.2 Å². The van der Waals surface area contributed by atoms with E-state index in [1.807, 2.05) is 26.0 Å². The SMILES string of the molecule is Cc1cc2nc(CC(=O)NN=Cc3ccncc3)c(=O)[nH]c2cc1C. The zero-order valence-electron chi connectivity index (χ0n) is 13.9. The normalized spacial score (nSPS) is 11.1. The highest BCUT2D eigenvalue weighted by atomic mass is 16.2. The van der Waals surface area contributed by atoms with Crippen LogP contribution in [0.4, 0.5) is 0 Å². The van der Waals surface area contributed by atoms with Gasteiger partial charge in [-0.2, -0.15) is 5.10 Å². The van der Waals surface area contributed by atoms with Crippen molar-refractivity contribution < 1.29 is 4.79 Å². The van der Waals surface area contributed by atoms with Crippen LogP contribution in [0.3, 0.4) is 0 Å². The molecule has 25 heavy (non-hydrogen) atoms. The summed E-state index contributed by atoms with van der Waals surface area (Å²) in [5, 5.41) is 3.86. The van der Waals surface area contributed by atoms with E-state index < -0.39 is 5.91 Å². The van der Waals surface area contributed by atoms with Crippen LogP contribution in [0, 0.1) is 13.8 Å². The summed E-state index contributed by atoms with van der Waals surface area (Å²) in [5.74, 6) is -0.411. The summed E-state index contributed by atoms with van der Waals surface area (Å²) < 4.78 is 0. The number of hydrogen-bond acceptors (Lipinski definition) is 5. The fourth-order valence-electron chi connectivity index (χ4n) is 2.32. The summed E-state index contributed by atoms with van der Waals surface area (Å²) >= 11 is 0. The minimum atomic E-state index is -0.411. The topological polar surface area (TPSA) is 100 Å². The molecule has 0 bridgehead atoms. The molecule has 0 saturated heterocycles. The van der Waals surface area contributed by atoms with Gasteiger partial charge in [-0.25, -0.2) is 10.4 Å². The number of hydrogen-bond donors (Lipinski definition) is 2. The molecule has 7 heteroatoms. The molecule has 0 fully saturated rings. The van der Waals surface area contributed by atoms with Crippen LogP contribution in [0.25, 0.3) is 11.0 Å². The summed E-state index contributed by atoms with van der Waals surface area (Å²) in [6, 6.07) is 7.29. The van der Waals surface area contributed by atoms with Gasteiger partial charge in [0, 0.05) is 12.4 Å². The fourth-order valence-corrected chi connectivity index (χ4v) is 2.32. The Kier molecular flexibility index (Phi) is 4.65. The number of pyridine rings is 1. The molecule has 3 aromatic rings. The lowest BCUT2D eigenvalue weighted by atomic mass is 10.1. The molecule has 0 atom stereocenters. The van der Waals surface area contributed by atoms with Crippen LogP contribution in [-0.4, -0.2) is 27.1 Å². The first-order chi connectivity index (χ1) is 12.0. The monoisotopic (exact) mass is 335 g/mol. The van der Waals surface area contributed by atoms with Gasteiger partial charge in [-0.1, -0.05) is 0 Å². The first-order valence-corrected chi connectivity index (χ1v) is 7.75. The van der Waals surface area contributed by atoms with Crippen molar-refractivity contribution in [2.24, 2.45) is 5.10 Å². The van der Waals surface area contributed by atoms with Gasteiger partial charge in [-0.15, -0.1) is 0 Å². The zero-order chi connectivity index (χ0) is 17.8. The largest absolute Gasteiger partial charge is 0.319 e. The highest BCUT2D eigenvalue weighted by molar-refractivity contribution is 5.83. The van der Waals surface area contributed by atoms with Crippen LogP contribution in [0.15, 0.2) is 46.6 Å². The van der Waals surface area contributed by atoms with Crippen molar-refractivity contribution in [2.45, 2.75) is 20.3 Å². The number of amides is 1. The summed E-state index contributed by atoms with van der Waals surface area (Å²) in [6.07, 6.45) is 4.62. The van der Waals surface area contributed by atoms with Gasteiger partial charge in [-0.3, -0.25) is 14.6 Å². The molecule has 1 amide bonds. The molecular formula is C18H17N5O2. The molecule has 0 aliphatic carbocycles. The van der Waals surface area contributed by atoms with Gasteiger partial charge >= 0.3 is 0 Å². The molecule has 0 saturated carbocycles. The number of nitrogens with zero attached hydrogens (tertiary/aromatic N) is 3. The van der Waals surface area contributed by atoms with Gasteiger partial charge in [0.05, 0.1) is 23.7 Å². The number of fused-ring (bicyclic) bond motifs is 1. The van der Waals surface area contributed by atoms with Gasteiger partial charge in [0.2, 0.25) is 5.91 Å². The molecule has 0 unspecified atom stereocenters. The molecule has 1 aromatic carbocycles. The molecule has 2 aromatic heterocycles. The number of carbonyl (C=O) groups is 1. The fraction of sp³-hybridized carbons (Fsp3) is 0.167. The molecule has 3 rings (SSSR count). The van der Waals surface area contributed by atoms with Crippen molar-refractivity contribution in [3.63, 3.8) is 0 Å². The number of hydrazone groups is 1. The van der Waals surface area contributed by atoms with Crippen LogP contribution in [-0.2, 0) is 11.2 Å². The first kappa shape index (κ1) is 16.5. The lowest BCUT2D eigenvalue weighted by Gasteiger charge is -2.05. The third-order valence-electron chi connectivity index (χ3n) is 3.81. The van der Waals surface area contributed by atoms with E-state index in [9.17, 15) is 9.59 Å². The standard InChI is InChI=1S/C18H17N5O2/c1-11-7-14-15(8-12(11)2)22-18(25)16(21-14)9-17(24)23-20-10-13-3-5-19-6-4-13/h3-8,10H,9H2,1-2H3,(H,22,25)(H,23,24). The second-order valence-electron chi connectivity index (χ2n) is 5.72. The van der Waals surface area contributed by atoms with E-state index in [-0.39, 0.29) is 17.7 Å². The number of aromatic amines is 1. The number of benzene rings is 1. The summed E-state index contributed by atoms with van der Waals surface area (Å²) in [5.41, 5.74) is 6.45. The Labute approximate surface area is 143 Å². The van der Waals surface area contributed by atoms with E-state index in [0.29, 0.717) is 11.0 Å². The van der Waals surface area contributed by atoms with Gasteiger partial charge in [0.15, 0.2) is 0 Å². The Morgan fingerprint density at radius 1 is 1.24 bits per heavy atom. The third kappa shape index (κ3) is 3.95. The molecular weight excluding hydrogens is 318 g/mol. The predicted molar refractivity (Wildman–Crippen MR) is 95.5 cm³/mol. The Morgan fingerprint density at radius 3 is 2.72 bits per heavy atom. The number of aryl methyl sites for hydroxylation is 2. The van der Waals surface area contributed by atoms with Crippen molar-refractivity contribution in [3.8, 4) is 0 Å². The number of carbonyl (C=O) groups excluding carboxylic acids is 1. The average molecular weight is 335 g/mol. The number of rotatable bonds is 4. The van der Waals surface area contributed by atoms with Gasteiger partial charge < -0.3 is 4.98 Å². The second kappa shape index (κ2) is 7.04. The molecule has 2 heterocycles. The van der Waals surface area contributed by atoms with Crippen LogP contribution in [0.5, 0.6) is 0 Å². The minimum absolute atomic E-state index is 0.147. The minimum Gasteiger partial charge on any atom is -0.319 e. The lowest BCUT2D eigenvalue weighted by molar-refractivity contribution is -0.120. The van der Waals surface area contributed by atoms with E-state index in [1.165, 1.54) is 6.21 Å². The molecule has 2 N–H and O–H groups in total. The Morgan fingerprint density at radius 2 is 1.96 bits per heavy atom. The number of H-pyrrole nitrogens is 1. The van der Waals surface area contributed by atoms with E-state index in [1.54, 1.807) is 24.5 Å². The van der Waals surface area contributed by atoms with Crippen molar-refractivity contribution in [1.29, 1.82) is 0 Å². The zero-order valence-corrected chi connectivity index (χ0v) is 13.9. The van der Waals surface area contributed by atoms with Gasteiger partial charge in [0.1, 0.15) is 5.69 Å². The predicted octanol–water partition coefficient (Wildman–Crippen LogP) is 1.63. The van der Waals surface area contributed by atoms with E-state index in [2.05, 4.69) is 25.5 Å². The Hall–Kier alpha value is -3.35. The molecule has 7 nitrogen and oxygen atoms in total. The van der Waals surface area contributed by atoms with Gasteiger partial charge in [0.25, 0.3) is 5.56 Å². The molecule has 0 aliphatic heterocycles. The maximum Gasteiger partial charge on any atom is 0.270 e. The van der Waals surface area contributed by atoms with Crippen LogP contribution >= 0.6 is 0 Å². The average Bonchev–Trinajstić information content (AvgIpc) is 2.58. The maximum absolute atomic E-state index is 12.1. The van der Waals surface area contributed by atoms with E-state index in [4.69, 9.17) is 0 Å². The molecule has 0 radical (unpaired) electrons. The van der Waals surface area contributed by atoms with Crippen molar-refractivity contribution in [2.75, 3.05) is 0 Å². The Balaban J connectivity index is 1.74. The first-order valence-electron chi connectivity index (χ1n) is 7.75. The highest BCUT2D eigenvalue weighted by Crippen LogP contribution is 2.14. The highest BCUT2D eigenvalue weighted by Gasteiger charge is 2.10. The molecule has 126 valence electrons. The molecule has 0 spiro atoms. The molecule has 0 aliphatic rings. The maximum atomic E-state index is 12.1.